The van der Waals surface area contributed by atoms with Crippen molar-refractivity contribution < 1.29 is 9.21 Å². The van der Waals surface area contributed by atoms with Crippen molar-refractivity contribution in [2.24, 2.45) is 0 Å². The van der Waals surface area contributed by atoms with E-state index in [1.807, 2.05) is 34.0 Å². The van der Waals surface area contributed by atoms with E-state index in [0.29, 0.717) is 5.76 Å². The molecule has 1 saturated heterocycles. The number of carbonyl (C=O) groups excluding carboxylic acids is 1. The molecule has 0 aliphatic carbocycles. The van der Waals surface area contributed by atoms with Crippen LogP contribution in [0.2, 0.25) is 0 Å². The number of aromatic nitrogens is 2. The van der Waals surface area contributed by atoms with Crippen LogP contribution in [0.15, 0.2) is 47.3 Å². The minimum absolute atomic E-state index is 0.0446. The SMILES string of the molecule is O=C(/C=C/c1ccco1)N1CCN(CCn2cccn2)CC1. The quantitative estimate of drug-likeness (QED) is 0.782. The van der Waals surface area contributed by atoms with E-state index < -0.39 is 0 Å². The molecule has 0 radical (unpaired) electrons. The highest BCUT2D eigenvalue weighted by molar-refractivity contribution is 5.91. The predicted octanol–water partition coefficient (Wildman–Crippen LogP) is 1.33. The van der Waals surface area contributed by atoms with Gasteiger partial charge in [-0.15, -0.1) is 0 Å². The molecule has 0 spiro atoms. The van der Waals surface area contributed by atoms with Crippen molar-refractivity contribution in [2.75, 3.05) is 32.7 Å². The second-order valence-electron chi connectivity index (χ2n) is 5.28. The number of nitrogens with zero attached hydrogens (tertiary/aromatic N) is 4. The molecule has 3 heterocycles. The van der Waals surface area contributed by atoms with Gasteiger partial charge in [-0.05, 0) is 24.3 Å². The van der Waals surface area contributed by atoms with Gasteiger partial charge in [0.15, 0.2) is 0 Å². The summed E-state index contributed by atoms with van der Waals surface area (Å²) >= 11 is 0. The third-order valence-electron chi connectivity index (χ3n) is 3.82. The van der Waals surface area contributed by atoms with Gasteiger partial charge in [-0.3, -0.25) is 14.4 Å². The lowest BCUT2D eigenvalue weighted by molar-refractivity contribution is -0.127. The van der Waals surface area contributed by atoms with Gasteiger partial charge >= 0.3 is 0 Å². The van der Waals surface area contributed by atoms with Crippen molar-refractivity contribution in [1.29, 1.82) is 0 Å². The molecule has 0 N–H and O–H groups in total. The van der Waals surface area contributed by atoms with Gasteiger partial charge in [0, 0.05) is 51.2 Å². The Morgan fingerprint density at radius 1 is 1.23 bits per heavy atom. The largest absolute Gasteiger partial charge is 0.465 e. The predicted molar refractivity (Wildman–Crippen MR) is 83.0 cm³/mol. The summed E-state index contributed by atoms with van der Waals surface area (Å²) in [7, 11) is 0. The first-order valence-electron chi connectivity index (χ1n) is 7.51. The zero-order chi connectivity index (χ0) is 15.2. The maximum Gasteiger partial charge on any atom is 0.246 e. The second kappa shape index (κ2) is 7.09. The number of piperazine rings is 1. The topological polar surface area (TPSA) is 54.5 Å². The molecule has 0 bridgehead atoms. The molecule has 6 heteroatoms. The highest BCUT2D eigenvalue weighted by atomic mass is 16.3. The lowest BCUT2D eigenvalue weighted by atomic mass is 10.3. The van der Waals surface area contributed by atoms with Crippen LogP contribution in [-0.2, 0) is 11.3 Å². The van der Waals surface area contributed by atoms with Crippen molar-refractivity contribution in [1.82, 2.24) is 19.6 Å². The fourth-order valence-corrected chi connectivity index (χ4v) is 2.51. The molecule has 0 aromatic carbocycles. The average molecular weight is 300 g/mol. The molecule has 1 amide bonds. The molecule has 1 fully saturated rings. The van der Waals surface area contributed by atoms with Crippen molar-refractivity contribution in [3.05, 3.63) is 48.7 Å². The maximum absolute atomic E-state index is 12.1. The van der Waals surface area contributed by atoms with Crippen LogP contribution in [0.1, 0.15) is 5.76 Å². The molecule has 22 heavy (non-hydrogen) atoms. The highest BCUT2D eigenvalue weighted by Gasteiger charge is 2.19. The number of amides is 1. The van der Waals surface area contributed by atoms with Gasteiger partial charge in [0.05, 0.1) is 12.8 Å². The molecule has 3 rings (SSSR count). The fourth-order valence-electron chi connectivity index (χ4n) is 2.51. The van der Waals surface area contributed by atoms with E-state index in [1.165, 1.54) is 0 Å². The van der Waals surface area contributed by atoms with Gasteiger partial charge in [-0.1, -0.05) is 0 Å². The van der Waals surface area contributed by atoms with E-state index in [-0.39, 0.29) is 5.91 Å². The summed E-state index contributed by atoms with van der Waals surface area (Å²) in [5.41, 5.74) is 0. The van der Waals surface area contributed by atoms with Crippen LogP contribution in [0.25, 0.3) is 6.08 Å². The van der Waals surface area contributed by atoms with Gasteiger partial charge in [0.25, 0.3) is 0 Å². The number of hydrogen-bond donors (Lipinski definition) is 0. The minimum atomic E-state index is 0.0446. The van der Waals surface area contributed by atoms with E-state index in [4.69, 9.17) is 4.42 Å². The Morgan fingerprint density at radius 2 is 2.09 bits per heavy atom. The van der Waals surface area contributed by atoms with Crippen LogP contribution in [0.4, 0.5) is 0 Å². The zero-order valence-corrected chi connectivity index (χ0v) is 12.5. The van der Waals surface area contributed by atoms with Gasteiger partial charge < -0.3 is 9.32 Å². The molecule has 2 aromatic rings. The van der Waals surface area contributed by atoms with E-state index >= 15 is 0 Å². The summed E-state index contributed by atoms with van der Waals surface area (Å²) < 4.78 is 7.12. The van der Waals surface area contributed by atoms with Gasteiger partial charge in [-0.25, -0.2) is 0 Å². The summed E-state index contributed by atoms with van der Waals surface area (Å²) in [5.74, 6) is 0.745. The summed E-state index contributed by atoms with van der Waals surface area (Å²) in [6.07, 6.45) is 8.66. The van der Waals surface area contributed by atoms with Crippen molar-refractivity contribution in [2.45, 2.75) is 6.54 Å². The zero-order valence-electron chi connectivity index (χ0n) is 12.5. The minimum Gasteiger partial charge on any atom is -0.465 e. The van der Waals surface area contributed by atoms with Crippen LogP contribution in [0.5, 0.6) is 0 Å². The first-order chi connectivity index (χ1) is 10.8. The summed E-state index contributed by atoms with van der Waals surface area (Å²) in [5, 5.41) is 4.20. The first-order valence-corrected chi connectivity index (χ1v) is 7.51. The lowest BCUT2D eigenvalue weighted by Gasteiger charge is -2.34. The van der Waals surface area contributed by atoms with E-state index in [1.54, 1.807) is 24.6 Å². The number of carbonyl (C=O) groups is 1. The van der Waals surface area contributed by atoms with Crippen LogP contribution in [0.3, 0.4) is 0 Å². The Kier molecular flexibility index (Phi) is 4.70. The van der Waals surface area contributed by atoms with E-state index in [0.717, 1.165) is 39.3 Å². The summed E-state index contributed by atoms with van der Waals surface area (Å²) in [6, 6.07) is 5.57. The number of furan rings is 1. The Bertz CT molecular complexity index is 596. The Morgan fingerprint density at radius 3 is 2.77 bits per heavy atom. The van der Waals surface area contributed by atoms with E-state index in [2.05, 4.69) is 10.00 Å². The van der Waals surface area contributed by atoms with Gasteiger partial charge in [0.1, 0.15) is 5.76 Å². The average Bonchev–Trinajstić information content (AvgIpc) is 3.24. The molecule has 0 saturated carbocycles. The van der Waals surface area contributed by atoms with Crippen molar-refractivity contribution in [3.63, 3.8) is 0 Å². The van der Waals surface area contributed by atoms with Gasteiger partial charge in [0.2, 0.25) is 5.91 Å². The van der Waals surface area contributed by atoms with Crippen LogP contribution < -0.4 is 0 Å². The third-order valence-corrected chi connectivity index (χ3v) is 3.82. The normalized spacial score (nSPS) is 16.5. The standard InChI is InChI=1S/C16H20N4O2/c21-16(5-4-15-3-1-14-22-15)19-11-8-18(9-12-19)10-13-20-7-2-6-17-20/h1-7,14H,8-13H2/b5-4+. The molecule has 6 nitrogen and oxygen atoms in total. The first kappa shape index (κ1) is 14.6. The molecule has 1 aliphatic heterocycles. The Labute approximate surface area is 129 Å². The Hall–Kier alpha value is -2.34. The molecule has 0 unspecified atom stereocenters. The Balaban J connectivity index is 1.42. The molecule has 0 atom stereocenters. The highest BCUT2D eigenvalue weighted by Crippen LogP contribution is 2.06. The number of hydrogen-bond acceptors (Lipinski definition) is 4. The molecule has 1 aliphatic rings. The summed E-state index contributed by atoms with van der Waals surface area (Å²) in [4.78, 5) is 16.4. The monoisotopic (exact) mass is 300 g/mol. The van der Waals surface area contributed by atoms with Crippen LogP contribution >= 0.6 is 0 Å². The number of rotatable bonds is 5. The molecular weight excluding hydrogens is 280 g/mol. The van der Waals surface area contributed by atoms with Crippen LogP contribution in [-0.4, -0.2) is 58.2 Å². The fraction of sp³-hybridized carbons (Fsp3) is 0.375. The molecular formula is C16H20N4O2. The lowest BCUT2D eigenvalue weighted by Crippen LogP contribution is -2.48. The second-order valence-corrected chi connectivity index (χ2v) is 5.28. The summed E-state index contributed by atoms with van der Waals surface area (Å²) in [6.45, 7) is 5.19. The molecule has 116 valence electrons. The smallest absolute Gasteiger partial charge is 0.246 e. The van der Waals surface area contributed by atoms with Crippen molar-refractivity contribution >= 4 is 12.0 Å². The van der Waals surface area contributed by atoms with E-state index in [9.17, 15) is 4.79 Å². The van der Waals surface area contributed by atoms with Crippen LogP contribution in [0, 0.1) is 0 Å². The van der Waals surface area contributed by atoms with Crippen molar-refractivity contribution in [3.8, 4) is 0 Å². The molecule has 2 aromatic heterocycles. The van der Waals surface area contributed by atoms with Gasteiger partial charge in [-0.2, -0.15) is 5.10 Å². The maximum atomic E-state index is 12.1. The third kappa shape index (κ3) is 3.85.